The molecule has 0 bridgehead atoms. The first kappa shape index (κ1) is 8.23. The molecule has 0 spiro atoms. The maximum absolute atomic E-state index is 4.45. The van der Waals surface area contributed by atoms with Crippen molar-refractivity contribution in [2.45, 2.75) is 19.8 Å². The van der Waals surface area contributed by atoms with E-state index < -0.39 is 0 Å². The first-order valence-electron chi connectivity index (χ1n) is 4.59. The van der Waals surface area contributed by atoms with Gasteiger partial charge in [0.05, 0.1) is 5.52 Å². The molecule has 0 aliphatic heterocycles. The van der Waals surface area contributed by atoms with Crippen LogP contribution in [-0.4, -0.2) is 14.5 Å². The van der Waals surface area contributed by atoms with Gasteiger partial charge in [0.2, 0.25) is 0 Å². The van der Waals surface area contributed by atoms with Crippen LogP contribution in [0.1, 0.15) is 19.2 Å². The second kappa shape index (κ2) is 3.17. The molecule has 3 heteroatoms. The standard InChI is InChI=1S/C10H13N3/c1-3-5-9-12-10-8(13(9)2)6-4-7-11-10/h4,6-7H,3,5H2,1-2H3. The minimum Gasteiger partial charge on any atom is -0.330 e. The van der Waals surface area contributed by atoms with Crippen molar-refractivity contribution in [2.75, 3.05) is 0 Å². The van der Waals surface area contributed by atoms with Crippen LogP contribution in [0.15, 0.2) is 18.3 Å². The molecule has 0 radical (unpaired) electrons. The monoisotopic (exact) mass is 175 g/mol. The topological polar surface area (TPSA) is 30.7 Å². The summed E-state index contributed by atoms with van der Waals surface area (Å²) in [7, 11) is 2.04. The summed E-state index contributed by atoms with van der Waals surface area (Å²) in [5.41, 5.74) is 1.97. The van der Waals surface area contributed by atoms with E-state index in [1.807, 2.05) is 13.1 Å². The summed E-state index contributed by atoms with van der Waals surface area (Å²) in [5, 5.41) is 0. The minimum absolute atomic E-state index is 0.855. The SMILES string of the molecule is CCCc1nc2ncccc2n1C. The molecular weight excluding hydrogens is 162 g/mol. The Morgan fingerprint density at radius 3 is 3.00 bits per heavy atom. The van der Waals surface area contributed by atoms with Crippen LogP contribution in [-0.2, 0) is 13.5 Å². The summed E-state index contributed by atoms with van der Waals surface area (Å²) < 4.78 is 2.12. The lowest BCUT2D eigenvalue weighted by Crippen LogP contribution is -1.96. The molecule has 0 amide bonds. The smallest absolute Gasteiger partial charge is 0.177 e. The molecule has 3 nitrogen and oxygen atoms in total. The number of imidazole rings is 1. The van der Waals surface area contributed by atoms with Gasteiger partial charge in [-0.05, 0) is 18.6 Å². The molecule has 0 saturated carbocycles. The molecule has 0 saturated heterocycles. The summed E-state index contributed by atoms with van der Waals surface area (Å²) >= 11 is 0. The fourth-order valence-electron chi connectivity index (χ4n) is 1.52. The quantitative estimate of drug-likeness (QED) is 0.698. The fourth-order valence-corrected chi connectivity index (χ4v) is 1.52. The van der Waals surface area contributed by atoms with Gasteiger partial charge < -0.3 is 4.57 Å². The first-order chi connectivity index (χ1) is 6.33. The van der Waals surface area contributed by atoms with Gasteiger partial charge in [-0.2, -0.15) is 0 Å². The highest BCUT2D eigenvalue weighted by molar-refractivity contribution is 5.71. The van der Waals surface area contributed by atoms with Gasteiger partial charge in [-0.3, -0.25) is 0 Å². The number of nitrogens with zero attached hydrogens (tertiary/aromatic N) is 3. The van der Waals surface area contributed by atoms with E-state index in [-0.39, 0.29) is 0 Å². The lowest BCUT2D eigenvalue weighted by atomic mass is 10.3. The number of fused-ring (bicyclic) bond motifs is 1. The zero-order valence-corrected chi connectivity index (χ0v) is 7.99. The number of pyridine rings is 1. The van der Waals surface area contributed by atoms with E-state index in [1.54, 1.807) is 6.20 Å². The summed E-state index contributed by atoms with van der Waals surface area (Å²) in [6.07, 6.45) is 3.93. The predicted molar refractivity (Wildman–Crippen MR) is 52.5 cm³/mol. The van der Waals surface area contributed by atoms with Crippen LogP contribution in [0.5, 0.6) is 0 Å². The molecule has 0 unspecified atom stereocenters. The zero-order chi connectivity index (χ0) is 9.26. The first-order valence-corrected chi connectivity index (χ1v) is 4.59. The Labute approximate surface area is 77.4 Å². The highest BCUT2D eigenvalue weighted by Gasteiger charge is 2.05. The highest BCUT2D eigenvalue weighted by atomic mass is 15.1. The second-order valence-electron chi connectivity index (χ2n) is 3.18. The maximum Gasteiger partial charge on any atom is 0.177 e. The van der Waals surface area contributed by atoms with Crippen molar-refractivity contribution in [3.63, 3.8) is 0 Å². The van der Waals surface area contributed by atoms with Gasteiger partial charge in [-0.15, -0.1) is 0 Å². The van der Waals surface area contributed by atoms with E-state index in [0.29, 0.717) is 0 Å². The zero-order valence-electron chi connectivity index (χ0n) is 7.99. The number of aryl methyl sites for hydroxylation is 2. The fraction of sp³-hybridized carbons (Fsp3) is 0.400. The van der Waals surface area contributed by atoms with Gasteiger partial charge in [0.15, 0.2) is 5.65 Å². The Bertz CT molecular complexity index is 417. The molecule has 2 heterocycles. The van der Waals surface area contributed by atoms with E-state index in [9.17, 15) is 0 Å². The second-order valence-corrected chi connectivity index (χ2v) is 3.18. The summed E-state index contributed by atoms with van der Waals surface area (Å²) in [5.74, 6) is 1.12. The van der Waals surface area contributed by atoms with Crippen molar-refractivity contribution in [1.82, 2.24) is 14.5 Å². The predicted octanol–water partition coefficient (Wildman–Crippen LogP) is 1.92. The van der Waals surface area contributed by atoms with Crippen molar-refractivity contribution >= 4 is 11.2 Å². The largest absolute Gasteiger partial charge is 0.330 e. The van der Waals surface area contributed by atoms with Crippen molar-refractivity contribution in [2.24, 2.45) is 7.05 Å². The average molecular weight is 175 g/mol. The van der Waals surface area contributed by atoms with Crippen molar-refractivity contribution in [3.8, 4) is 0 Å². The van der Waals surface area contributed by atoms with Crippen LogP contribution < -0.4 is 0 Å². The average Bonchev–Trinajstić information content (AvgIpc) is 2.46. The molecule has 0 atom stereocenters. The van der Waals surface area contributed by atoms with Crippen molar-refractivity contribution < 1.29 is 0 Å². The van der Waals surface area contributed by atoms with E-state index in [2.05, 4.69) is 27.5 Å². The highest BCUT2D eigenvalue weighted by Crippen LogP contribution is 2.12. The van der Waals surface area contributed by atoms with Crippen molar-refractivity contribution in [3.05, 3.63) is 24.2 Å². The molecule has 2 aromatic rings. The van der Waals surface area contributed by atoms with E-state index in [4.69, 9.17) is 0 Å². The summed E-state index contributed by atoms with van der Waals surface area (Å²) in [4.78, 5) is 8.67. The van der Waals surface area contributed by atoms with Crippen molar-refractivity contribution in [1.29, 1.82) is 0 Å². The third-order valence-electron chi connectivity index (χ3n) is 2.22. The Hall–Kier alpha value is -1.38. The number of hydrogen-bond donors (Lipinski definition) is 0. The number of hydrogen-bond acceptors (Lipinski definition) is 2. The van der Waals surface area contributed by atoms with E-state index in [0.717, 1.165) is 29.8 Å². The van der Waals surface area contributed by atoms with E-state index in [1.165, 1.54) is 0 Å². The van der Waals surface area contributed by atoms with Crippen LogP contribution >= 0.6 is 0 Å². The third-order valence-corrected chi connectivity index (χ3v) is 2.22. The van der Waals surface area contributed by atoms with Crippen LogP contribution in [0.25, 0.3) is 11.2 Å². The molecule has 13 heavy (non-hydrogen) atoms. The van der Waals surface area contributed by atoms with Gasteiger partial charge in [0, 0.05) is 19.7 Å². The molecule has 0 aliphatic rings. The Morgan fingerprint density at radius 2 is 2.31 bits per heavy atom. The normalized spacial score (nSPS) is 10.9. The molecular formula is C10H13N3. The van der Waals surface area contributed by atoms with Crippen LogP contribution in [0, 0.1) is 0 Å². The maximum atomic E-state index is 4.45. The van der Waals surface area contributed by atoms with Gasteiger partial charge in [-0.1, -0.05) is 6.92 Å². The molecule has 0 N–H and O–H groups in total. The number of rotatable bonds is 2. The number of aromatic nitrogens is 3. The molecule has 2 aromatic heterocycles. The lowest BCUT2D eigenvalue weighted by Gasteiger charge is -1.98. The molecule has 0 aromatic carbocycles. The third kappa shape index (κ3) is 1.30. The van der Waals surface area contributed by atoms with Gasteiger partial charge in [0.25, 0.3) is 0 Å². The Balaban J connectivity index is 2.60. The molecule has 0 fully saturated rings. The molecule has 0 aliphatic carbocycles. The van der Waals surface area contributed by atoms with Crippen LogP contribution in [0.3, 0.4) is 0 Å². The van der Waals surface area contributed by atoms with E-state index >= 15 is 0 Å². The summed E-state index contributed by atoms with van der Waals surface area (Å²) in [6, 6.07) is 3.99. The van der Waals surface area contributed by atoms with Crippen LogP contribution in [0.4, 0.5) is 0 Å². The lowest BCUT2D eigenvalue weighted by molar-refractivity contribution is 0.772. The van der Waals surface area contributed by atoms with Gasteiger partial charge in [0.1, 0.15) is 5.82 Å². The molecule has 68 valence electrons. The summed E-state index contributed by atoms with van der Waals surface area (Å²) in [6.45, 7) is 2.16. The minimum atomic E-state index is 0.855. The Morgan fingerprint density at radius 1 is 1.46 bits per heavy atom. The van der Waals surface area contributed by atoms with Gasteiger partial charge in [-0.25, -0.2) is 9.97 Å². The van der Waals surface area contributed by atoms with Crippen LogP contribution in [0.2, 0.25) is 0 Å². The van der Waals surface area contributed by atoms with Gasteiger partial charge >= 0.3 is 0 Å². The Kier molecular flexibility index (Phi) is 2.00. The molecule has 2 rings (SSSR count).